The minimum atomic E-state index is -3.94. The van der Waals surface area contributed by atoms with Gasteiger partial charge in [0.05, 0.1) is 4.90 Å². The van der Waals surface area contributed by atoms with E-state index in [9.17, 15) is 27.9 Å². The fourth-order valence-electron chi connectivity index (χ4n) is 4.70. The van der Waals surface area contributed by atoms with Crippen molar-refractivity contribution in [3.63, 3.8) is 0 Å². The topological polar surface area (TPSA) is 121 Å². The molecular formula is C28H28N2O6S. The summed E-state index contributed by atoms with van der Waals surface area (Å²) in [7, 11) is -3.94. The maximum atomic E-state index is 13.4. The van der Waals surface area contributed by atoms with Crippen LogP contribution in [0.1, 0.15) is 35.7 Å². The Labute approximate surface area is 216 Å². The number of hydrogen-bond donors (Lipinski definition) is 2. The maximum Gasteiger partial charge on any atom is 0.326 e. The van der Waals surface area contributed by atoms with E-state index in [-0.39, 0.29) is 24.3 Å². The number of carbonyl (C=O) groups is 3. The highest BCUT2D eigenvalue weighted by molar-refractivity contribution is 7.89. The molecule has 0 bridgehead atoms. The van der Waals surface area contributed by atoms with E-state index < -0.39 is 33.5 Å². The van der Waals surface area contributed by atoms with E-state index in [0.717, 1.165) is 17.4 Å². The third-order valence-corrected chi connectivity index (χ3v) is 8.83. The Kier molecular flexibility index (Phi) is 7.56. The molecule has 1 aliphatic heterocycles. The quantitative estimate of drug-likeness (QED) is 0.417. The van der Waals surface area contributed by atoms with Gasteiger partial charge in [-0.2, -0.15) is 4.31 Å². The largest absolute Gasteiger partial charge is 0.480 e. The number of aldehydes is 1. The molecule has 9 heteroatoms. The molecule has 2 N–H and O–H groups in total. The number of amides is 1. The minimum absolute atomic E-state index is 0.0121. The van der Waals surface area contributed by atoms with Gasteiger partial charge >= 0.3 is 5.97 Å². The van der Waals surface area contributed by atoms with Crippen molar-refractivity contribution in [1.82, 2.24) is 9.62 Å². The van der Waals surface area contributed by atoms with E-state index in [2.05, 4.69) is 5.32 Å². The first-order valence-electron chi connectivity index (χ1n) is 11.9. The van der Waals surface area contributed by atoms with E-state index in [1.165, 1.54) is 23.4 Å². The second-order valence-electron chi connectivity index (χ2n) is 9.24. The molecule has 8 nitrogen and oxygen atoms in total. The van der Waals surface area contributed by atoms with Crippen molar-refractivity contribution in [2.75, 3.05) is 6.54 Å². The van der Waals surface area contributed by atoms with Crippen LogP contribution in [0.5, 0.6) is 0 Å². The summed E-state index contributed by atoms with van der Waals surface area (Å²) in [6.45, 7) is 1.70. The second-order valence-corrected chi connectivity index (χ2v) is 11.1. The van der Waals surface area contributed by atoms with Crippen LogP contribution in [0, 0.1) is 0 Å². The van der Waals surface area contributed by atoms with Crippen LogP contribution in [0.4, 0.5) is 0 Å². The number of nitrogens with one attached hydrogen (secondary N) is 1. The summed E-state index contributed by atoms with van der Waals surface area (Å²) in [5.41, 5.74) is 1.38. The summed E-state index contributed by atoms with van der Waals surface area (Å²) < 4.78 is 27.7. The Balaban J connectivity index is 1.52. The summed E-state index contributed by atoms with van der Waals surface area (Å²) in [4.78, 5) is 36.8. The molecule has 2 atom stereocenters. The molecule has 1 unspecified atom stereocenters. The first-order chi connectivity index (χ1) is 17.7. The van der Waals surface area contributed by atoms with Gasteiger partial charge in [0.25, 0.3) is 0 Å². The Hall–Kier alpha value is -3.82. The summed E-state index contributed by atoms with van der Waals surface area (Å²) in [5, 5.41) is 12.4. The van der Waals surface area contributed by atoms with E-state index >= 15 is 0 Å². The zero-order valence-corrected chi connectivity index (χ0v) is 21.1. The zero-order chi connectivity index (χ0) is 26.6. The summed E-state index contributed by atoms with van der Waals surface area (Å²) in [6.07, 6.45) is 1.56. The average molecular weight is 521 g/mol. The van der Waals surface area contributed by atoms with Crippen LogP contribution in [0.25, 0.3) is 11.1 Å². The lowest BCUT2D eigenvalue weighted by Crippen LogP contribution is -2.58. The fourth-order valence-corrected chi connectivity index (χ4v) is 6.53. The van der Waals surface area contributed by atoms with Crippen molar-refractivity contribution >= 4 is 28.2 Å². The number of carboxylic acids is 1. The van der Waals surface area contributed by atoms with Crippen LogP contribution in [-0.2, 0) is 26.0 Å². The molecule has 1 aliphatic rings. The predicted octanol–water partition coefficient (Wildman–Crippen LogP) is 3.52. The van der Waals surface area contributed by atoms with Crippen LogP contribution >= 0.6 is 0 Å². The highest BCUT2D eigenvalue weighted by Gasteiger charge is 2.50. The molecule has 0 spiro atoms. The minimum Gasteiger partial charge on any atom is -0.480 e. The van der Waals surface area contributed by atoms with Crippen LogP contribution < -0.4 is 5.32 Å². The van der Waals surface area contributed by atoms with Crippen LogP contribution in [0.15, 0.2) is 83.8 Å². The Morgan fingerprint density at radius 3 is 2.32 bits per heavy atom. The van der Waals surface area contributed by atoms with Crippen LogP contribution in [-0.4, -0.2) is 54.1 Å². The number of rotatable bonds is 9. The summed E-state index contributed by atoms with van der Waals surface area (Å²) >= 11 is 0. The van der Waals surface area contributed by atoms with Gasteiger partial charge in [-0.3, -0.25) is 9.59 Å². The molecule has 0 aliphatic carbocycles. The fraction of sp³-hybridized carbons (Fsp3) is 0.250. The zero-order valence-electron chi connectivity index (χ0n) is 20.3. The molecule has 1 saturated heterocycles. The number of aliphatic carboxylic acids is 1. The number of nitrogens with zero attached hydrogens (tertiary/aromatic N) is 1. The Morgan fingerprint density at radius 2 is 1.68 bits per heavy atom. The number of hydrogen-bond acceptors (Lipinski definition) is 5. The lowest BCUT2D eigenvalue weighted by Gasteiger charge is -2.34. The molecule has 0 aromatic heterocycles. The molecule has 0 saturated carbocycles. The van der Waals surface area contributed by atoms with Gasteiger partial charge in [-0.25, -0.2) is 13.2 Å². The first kappa shape index (κ1) is 26.2. The van der Waals surface area contributed by atoms with Gasteiger partial charge < -0.3 is 10.4 Å². The van der Waals surface area contributed by atoms with Gasteiger partial charge in [0.15, 0.2) is 6.29 Å². The molecule has 1 heterocycles. The smallest absolute Gasteiger partial charge is 0.326 e. The molecule has 37 heavy (non-hydrogen) atoms. The SMILES string of the molecule is C[C@@]1(C(=O)NC(Cc2ccc(-c3ccccc3C=O)cc2)C(=O)O)CCCN1S(=O)(=O)c1ccccc1. The van der Waals surface area contributed by atoms with E-state index in [4.69, 9.17) is 0 Å². The first-order valence-corrected chi connectivity index (χ1v) is 13.4. The lowest BCUT2D eigenvalue weighted by molar-refractivity contribution is -0.143. The van der Waals surface area contributed by atoms with E-state index in [1.54, 1.807) is 54.6 Å². The number of sulfonamides is 1. The van der Waals surface area contributed by atoms with Gasteiger partial charge in [0, 0.05) is 18.5 Å². The maximum absolute atomic E-state index is 13.4. The molecule has 4 rings (SSSR count). The van der Waals surface area contributed by atoms with Crippen molar-refractivity contribution < 1.29 is 27.9 Å². The average Bonchev–Trinajstić information content (AvgIpc) is 3.33. The number of carboxylic acid groups (broad SMARTS) is 1. The Morgan fingerprint density at radius 1 is 1.03 bits per heavy atom. The van der Waals surface area contributed by atoms with E-state index in [1.807, 2.05) is 12.1 Å². The monoisotopic (exact) mass is 520 g/mol. The van der Waals surface area contributed by atoms with Crippen molar-refractivity contribution in [3.8, 4) is 11.1 Å². The van der Waals surface area contributed by atoms with Gasteiger partial charge in [-0.15, -0.1) is 0 Å². The normalized spacial score (nSPS) is 18.7. The third-order valence-electron chi connectivity index (χ3n) is 6.79. The van der Waals surface area contributed by atoms with Gasteiger partial charge in [0.2, 0.25) is 15.9 Å². The summed E-state index contributed by atoms with van der Waals surface area (Å²) in [6, 6.07) is 20.9. The molecule has 3 aromatic rings. The lowest BCUT2D eigenvalue weighted by atomic mass is 9.96. The molecule has 1 amide bonds. The molecule has 1 fully saturated rings. The molecule has 3 aromatic carbocycles. The van der Waals surface area contributed by atoms with E-state index in [0.29, 0.717) is 17.5 Å². The van der Waals surface area contributed by atoms with Crippen molar-refractivity contribution in [2.45, 2.75) is 42.7 Å². The van der Waals surface area contributed by atoms with Crippen molar-refractivity contribution in [2.24, 2.45) is 0 Å². The molecular weight excluding hydrogens is 492 g/mol. The standard InChI is InChI=1S/C28H28N2O6S/c1-28(16-7-17-30(28)37(35,36)23-9-3-2-4-10-23)27(34)29-25(26(32)33)18-20-12-14-21(15-13-20)24-11-6-5-8-22(24)19-31/h2-6,8-15,19,25H,7,16-18H2,1H3,(H,29,34)(H,32,33)/t25?,28-/m0/s1. The third kappa shape index (κ3) is 5.33. The molecule has 0 radical (unpaired) electrons. The Bertz CT molecular complexity index is 1410. The van der Waals surface area contributed by atoms with Gasteiger partial charge in [-0.05, 0) is 48.6 Å². The second kappa shape index (κ2) is 10.7. The van der Waals surface area contributed by atoms with Crippen molar-refractivity contribution in [3.05, 3.63) is 90.0 Å². The number of carbonyl (C=O) groups excluding carboxylic acids is 2. The van der Waals surface area contributed by atoms with Crippen LogP contribution in [0.2, 0.25) is 0 Å². The highest BCUT2D eigenvalue weighted by atomic mass is 32.2. The number of benzene rings is 3. The summed E-state index contributed by atoms with van der Waals surface area (Å²) in [5.74, 6) is -1.86. The molecule has 192 valence electrons. The van der Waals surface area contributed by atoms with Gasteiger partial charge in [0.1, 0.15) is 11.6 Å². The van der Waals surface area contributed by atoms with Crippen molar-refractivity contribution in [1.29, 1.82) is 0 Å². The van der Waals surface area contributed by atoms with Gasteiger partial charge in [-0.1, -0.05) is 66.7 Å². The predicted molar refractivity (Wildman–Crippen MR) is 139 cm³/mol. The highest BCUT2D eigenvalue weighted by Crippen LogP contribution is 2.35. The van der Waals surface area contributed by atoms with Crippen LogP contribution in [0.3, 0.4) is 0 Å².